The zero-order valence-corrected chi connectivity index (χ0v) is 10.4. The Hall–Kier alpha value is -1.24. The van der Waals surface area contributed by atoms with Gasteiger partial charge in [-0.1, -0.05) is 25.1 Å². The van der Waals surface area contributed by atoms with Crippen LogP contribution in [-0.4, -0.2) is 21.3 Å². The van der Waals surface area contributed by atoms with E-state index in [1.807, 2.05) is 6.92 Å². The molecule has 1 heterocycles. The molecule has 0 aliphatic heterocycles. The SMILES string of the molecule is CCCC(Sc1ccc(C(F)(F)F)cn1)C(=O)O. The van der Waals surface area contributed by atoms with Crippen molar-refractivity contribution in [1.82, 2.24) is 4.98 Å². The lowest BCUT2D eigenvalue weighted by atomic mass is 10.2. The zero-order valence-electron chi connectivity index (χ0n) is 9.57. The molecule has 0 aliphatic rings. The molecule has 0 saturated carbocycles. The molecule has 0 spiro atoms. The number of hydrogen-bond donors (Lipinski definition) is 1. The molecule has 0 radical (unpaired) electrons. The van der Waals surface area contributed by atoms with Gasteiger partial charge in [-0.15, -0.1) is 0 Å². The van der Waals surface area contributed by atoms with Crippen molar-refractivity contribution < 1.29 is 23.1 Å². The number of hydrogen-bond acceptors (Lipinski definition) is 3. The van der Waals surface area contributed by atoms with E-state index in [9.17, 15) is 18.0 Å². The molecule has 7 heteroatoms. The van der Waals surface area contributed by atoms with E-state index in [1.54, 1.807) is 0 Å². The van der Waals surface area contributed by atoms with Gasteiger partial charge in [-0.25, -0.2) is 4.98 Å². The van der Waals surface area contributed by atoms with Crippen molar-refractivity contribution in [3.8, 4) is 0 Å². The van der Waals surface area contributed by atoms with Crippen molar-refractivity contribution in [3.63, 3.8) is 0 Å². The standard InChI is InChI=1S/C11H12F3NO2S/c1-2-3-8(10(16)17)18-9-5-4-7(6-15-9)11(12,13)14/h4-6,8H,2-3H2,1H3,(H,16,17). The minimum absolute atomic E-state index is 0.281. The Balaban J connectivity index is 2.76. The van der Waals surface area contributed by atoms with Crippen LogP contribution in [0.25, 0.3) is 0 Å². The third kappa shape index (κ3) is 4.21. The molecule has 1 unspecified atom stereocenters. The van der Waals surface area contributed by atoms with E-state index in [1.165, 1.54) is 6.07 Å². The molecule has 18 heavy (non-hydrogen) atoms. The second-order valence-corrected chi connectivity index (χ2v) is 4.84. The third-order valence-electron chi connectivity index (χ3n) is 2.15. The molecule has 1 atom stereocenters. The van der Waals surface area contributed by atoms with Crippen molar-refractivity contribution in [1.29, 1.82) is 0 Å². The van der Waals surface area contributed by atoms with E-state index in [0.29, 0.717) is 19.0 Å². The number of aliphatic carboxylic acids is 1. The van der Waals surface area contributed by atoms with E-state index in [2.05, 4.69) is 4.98 Å². The summed E-state index contributed by atoms with van der Waals surface area (Å²) in [5.41, 5.74) is -0.839. The maximum absolute atomic E-state index is 12.3. The Morgan fingerprint density at radius 1 is 1.50 bits per heavy atom. The summed E-state index contributed by atoms with van der Waals surface area (Å²) in [6.45, 7) is 1.84. The lowest BCUT2D eigenvalue weighted by molar-refractivity contribution is -0.138. The first-order valence-electron chi connectivity index (χ1n) is 5.27. The van der Waals surface area contributed by atoms with E-state index in [-0.39, 0.29) is 5.03 Å². The van der Waals surface area contributed by atoms with Gasteiger partial charge in [-0.3, -0.25) is 4.79 Å². The highest BCUT2D eigenvalue weighted by Gasteiger charge is 2.30. The Bertz CT molecular complexity index is 406. The lowest BCUT2D eigenvalue weighted by Gasteiger charge is -2.11. The summed E-state index contributed by atoms with van der Waals surface area (Å²) in [5, 5.41) is 8.52. The fourth-order valence-electron chi connectivity index (χ4n) is 1.26. The average molecular weight is 279 g/mol. The molecule has 1 aromatic rings. The number of aromatic nitrogens is 1. The molecule has 1 rings (SSSR count). The fraction of sp³-hybridized carbons (Fsp3) is 0.455. The van der Waals surface area contributed by atoms with Gasteiger partial charge in [0.2, 0.25) is 0 Å². The number of thioether (sulfide) groups is 1. The summed E-state index contributed by atoms with van der Waals surface area (Å²) in [6, 6.07) is 2.10. The van der Waals surface area contributed by atoms with Crippen LogP contribution in [0.3, 0.4) is 0 Å². The number of nitrogens with zero attached hydrogens (tertiary/aromatic N) is 1. The molecule has 0 saturated heterocycles. The van der Waals surface area contributed by atoms with Crippen LogP contribution in [0.15, 0.2) is 23.4 Å². The number of carboxylic acid groups (broad SMARTS) is 1. The minimum Gasteiger partial charge on any atom is -0.480 e. The molecule has 3 nitrogen and oxygen atoms in total. The maximum Gasteiger partial charge on any atom is 0.417 e. The van der Waals surface area contributed by atoms with Crippen LogP contribution in [-0.2, 0) is 11.0 Å². The zero-order chi connectivity index (χ0) is 13.8. The van der Waals surface area contributed by atoms with Gasteiger partial charge in [0, 0.05) is 6.20 Å². The molecule has 1 N–H and O–H groups in total. The number of alkyl halides is 3. The van der Waals surface area contributed by atoms with Crippen LogP contribution in [0, 0.1) is 0 Å². The Labute approximate surface area is 106 Å². The predicted molar refractivity (Wildman–Crippen MR) is 61.4 cm³/mol. The number of carbonyl (C=O) groups is 1. The maximum atomic E-state index is 12.3. The monoisotopic (exact) mass is 279 g/mol. The van der Waals surface area contributed by atoms with Crippen molar-refractivity contribution >= 4 is 17.7 Å². The molecule has 100 valence electrons. The van der Waals surface area contributed by atoms with E-state index >= 15 is 0 Å². The highest BCUT2D eigenvalue weighted by Crippen LogP contribution is 2.31. The molecule has 0 aromatic carbocycles. The molecule has 0 fully saturated rings. The van der Waals surface area contributed by atoms with Crippen LogP contribution in [0.5, 0.6) is 0 Å². The summed E-state index contributed by atoms with van der Waals surface area (Å²) in [4.78, 5) is 14.5. The van der Waals surface area contributed by atoms with Crippen LogP contribution >= 0.6 is 11.8 Å². The second kappa shape index (κ2) is 6.08. The van der Waals surface area contributed by atoms with Crippen molar-refractivity contribution in [2.45, 2.75) is 36.2 Å². The Morgan fingerprint density at radius 2 is 2.17 bits per heavy atom. The van der Waals surface area contributed by atoms with Gasteiger partial charge in [-0.05, 0) is 18.6 Å². The van der Waals surface area contributed by atoms with Crippen LogP contribution in [0.4, 0.5) is 13.2 Å². The largest absolute Gasteiger partial charge is 0.480 e. The van der Waals surface area contributed by atoms with E-state index in [4.69, 9.17) is 5.11 Å². The molecule has 1 aromatic heterocycles. The molecular weight excluding hydrogens is 267 g/mol. The molecular formula is C11H12F3NO2S. The first-order valence-corrected chi connectivity index (χ1v) is 6.15. The lowest BCUT2D eigenvalue weighted by Crippen LogP contribution is -2.16. The summed E-state index contributed by atoms with van der Waals surface area (Å²) in [7, 11) is 0. The van der Waals surface area contributed by atoms with Crippen LogP contribution < -0.4 is 0 Å². The summed E-state index contributed by atoms with van der Waals surface area (Å²) < 4.78 is 36.9. The van der Waals surface area contributed by atoms with E-state index in [0.717, 1.165) is 17.8 Å². The van der Waals surface area contributed by atoms with Gasteiger partial charge in [-0.2, -0.15) is 13.2 Å². The van der Waals surface area contributed by atoms with Crippen LogP contribution in [0.2, 0.25) is 0 Å². The molecule has 0 amide bonds. The average Bonchev–Trinajstić information content (AvgIpc) is 2.28. The number of halogens is 3. The smallest absolute Gasteiger partial charge is 0.417 e. The number of rotatable bonds is 5. The Morgan fingerprint density at radius 3 is 2.56 bits per heavy atom. The third-order valence-corrected chi connectivity index (χ3v) is 3.36. The number of pyridine rings is 1. The first-order chi connectivity index (χ1) is 8.34. The van der Waals surface area contributed by atoms with Gasteiger partial charge < -0.3 is 5.11 Å². The first kappa shape index (κ1) is 14.8. The second-order valence-electron chi connectivity index (χ2n) is 3.62. The number of carboxylic acids is 1. The highest BCUT2D eigenvalue weighted by atomic mass is 32.2. The fourth-order valence-corrected chi connectivity index (χ4v) is 2.26. The minimum atomic E-state index is -4.42. The normalized spacial score (nSPS) is 13.3. The van der Waals surface area contributed by atoms with E-state index < -0.39 is 23.0 Å². The predicted octanol–water partition coefficient (Wildman–Crippen LogP) is 3.45. The molecule has 0 aliphatic carbocycles. The quantitative estimate of drug-likeness (QED) is 0.839. The highest BCUT2D eigenvalue weighted by molar-refractivity contribution is 8.00. The Kier molecular flexibility index (Phi) is 5.01. The van der Waals surface area contributed by atoms with Gasteiger partial charge in [0.25, 0.3) is 0 Å². The van der Waals surface area contributed by atoms with Gasteiger partial charge in [0.15, 0.2) is 0 Å². The summed E-state index contributed by atoms with van der Waals surface area (Å²) >= 11 is 0.963. The summed E-state index contributed by atoms with van der Waals surface area (Å²) in [6.07, 6.45) is -2.58. The van der Waals surface area contributed by atoms with Crippen molar-refractivity contribution in [2.75, 3.05) is 0 Å². The van der Waals surface area contributed by atoms with Crippen LogP contribution in [0.1, 0.15) is 25.3 Å². The van der Waals surface area contributed by atoms with Gasteiger partial charge >= 0.3 is 12.1 Å². The van der Waals surface area contributed by atoms with Crippen molar-refractivity contribution in [2.24, 2.45) is 0 Å². The van der Waals surface area contributed by atoms with Gasteiger partial charge in [0.1, 0.15) is 5.25 Å². The summed E-state index contributed by atoms with van der Waals surface area (Å²) in [5.74, 6) is -0.983. The van der Waals surface area contributed by atoms with Gasteiger partial charge in [0.05, 0.1) is 10.6 Å². The van der Waals surface area contributed by atoms with Crippen molar-refractivity contribution in [3.05, 3.63) is 23.9 Å². The topological polar surface area (TPSA) is 50.2 Å². The molecule has 0 bridgehead atoms.